The highest BCUT2D eigenvalue weighted by molar-refractivity contribution is 9.10. The molecule has 3 atom stereocenters. The van der Waals surface area contributed by atoms with Crippen molar-refractivity contribution in [1.82, 2.24) is 0 Å². The van der Waals surface area contributed by atoms with Gasteiger partial charge in [0, 0.05) is 10.0 Å². The number of nitrogens with zero attached hydrogens (tertiary/aromatic N) is 2. The van der Waals surface area contributed by atoms with E-state index in [1.807, 2.05) is 36.4 Å². The van der Waals surface area contributed by atoms with Crippen LogP contribution >= 0.6 is 15.9 Å². The third-order valence-corrected chi connectivity index (χ3v) is 6.50. The lowest BCUT2D eigenvalue weighted by molar-refractivity contribution is -0.126. The Labute approximate surface area is 199 Å². The average molecular weight is 509 g/mol. The number of fused-ring (bicyclic) bond motifs is 1. The predicted octanol–water partition coefficient (Wildman–Crippen LogP) is 4.52. The van der Waals surface area contributed by atoms with Crippen LogP contribution in [0.25, 0.3) is 0 Å². The standard InChI is InChI=1S/C25H21BrN2O5/c1-31-18-12-13-20(32-2)19(14-18)22-21-23(33-28(22)17-6-4-3-5-7-17)25(30)27(24(21)29)16-10-8-15(26)9-11-16/h3-14,21-23H,1-2H3/t21-,22-,23+/m0/s1. The van der Waals surface area contributed by atoms with Crippen LogP contribution in [0.1, 0.15) is 11.6 Å². The van der Waals surface area contributed by atoms with E-state index in [9.17, 15) is 9.59 Å². The van der Waals surface area contributed by atoms with Crippen LogP contribution in [-0.4, -0.2) is 32.1 Å². The molecule has 2 aliphatic rings. The zero-order chi connectivity index (χ0) is 23.1. The number of ether oxygens (including phenoxy) is 2. The monoisotopic (exact) mass is 508 g/mol. The molecule has 0 aromatic heterocycles. The minimum atomic E-state index is -0.956. The molecule has 3 aromatic carbocycles. The number of hydrogen-bond donors (Lipinski definition) is 0. The van der Waals surface area contributed by atoms with Crippen molar-refractivity contribution < 1.29 is 23.9 Å². The Kier molecular flexibility index (Phi) is 5.55. The van der Waals surface area contributed by atoms with Crippen molar-refractivity contribution in [3.63, 3.8) is 0 Å². The number of halogens is 1. The van der Waals surface area contributed by atoms with Crippen molar-refractivity contribution in [1.29, 1.82) is 0 Å². The summed E-state index contributed by atoms with van der Waals surface area (Å²) in [6.07, 6.45) is -0.956. The third kappa shape index (κ3) is 3.55. The van der Waals surface area contributed by atoms with Gasteiger partial charge in [0.25, 0.3) is 5.91 Å². The van der Waals surface area contributed by atoms with E-state index >= 15 is 0 Å². The van der Waals surface area contributed by atoms with Gasteiger partial charge in [-0.15, -0.1) is 0 Å². The summed E-state index contributed by atoms with van der Waals surface area (Å²) in [5.41, 5.74) is 1.94. The van der Waals surface area contributed by atoms with E-state index in [0.29, 0.717) is 22.7 Å². The van der Waals surface area contributed by atoms with Crippen LogP contribution in [0.3, 0.4) is 0 Å². The van der Waals surface area contributed by atoms with E-state index in [2.05, 4.69) is 15.9 Å². The molecule has 2 heterocycles. The largest absolute Gasteiger partial charge is 0.497 e. The molecule has 5 rings (SSSR count). The van der Waals surface area contributed by atoms with E-state index in [0.717, 1.165) is 10.2 Å². The Bertz CT molecular complexity index is 1200. The molecule has 3 aromatic rings. The molecule has 2 saturated heterocycles. The minimum Gasteiger partial charge on any atom is -0.497 e. The smallest absolute Gasteiger partial charge is 0.266 e. The fraction of sp³-hybridized carbons (Fsp3) is 0.200. The van der Waals surface area contributed by atoms with Gasteiger partial charge in [-0.1, -0.05) is 34.1 Å². The Morgan fingerprint density at radius 1 is 0.848 bits per heavy atom. The fourth-order valence-electron chi connectivity index (χ4n) is 4.44. The molecular formula is C25H21BrN2O5. The number of methoxy groups -OCH3 is 2. The van der Waals surface area contributed by atoms with Crippen molar-refractivity contribution in [2.45, 2.75) is 12.1 Å². The van der Waals surface area contributed by atoms with Crippen molar-refractivity contribution in [3.05, 3.63) is 82.8 Å². The van der Waals surface area contributed by atoms with Crippen LogP contribution in [-0.2, 0) is 14.4 Å². The van der Waals surface area contributed by atoms with Crippen molar-refractivity contribution in [2.24, 2.45) is 5.92 Å². The maximum atomic E-state index is 13.7. The molecule has 0 radical (unpaired) electrons. The molecule has 0 aliphatic carbocycles. The van der Waals surface area contributed by atoms with E-state index in [1.165, 1.54) is 4.90 Å². The quantitative estimate of drug-likeness (QED) is 0.472. The zero-order valence-corrected chi connectivity index (χ0v) is 19.6. The van der Waals surface area contributed by atoms with E-state index in [1.54, 1.807) is 55.7 Å². The second-order valence-electron chi connectivity index (χ2n) is 7.75. The van der Waals surface area contributed by atoms with Gasteiger partial charge in [-0.05, 0) is 54.6 Å². The Balaban J connectivity index is 1.63. The number of amides is 2. The van der Waals surface area contributed by atoms with Gasteiger partial charge in [0.15, 0.2) is 6.10 Å². The number of imide groups is 1. The maximum Gasteiger partial charge on any atom is 0.266 e. The molecular weight excluding hydrogens is 488 g/mol. The summed E-state index contributed by atoms with van der Waals surface area (Å²) in [7, 11) is 3.15. The summed E-state index contributed by atoms with van der Waals surface area (Å²) < 4.78 is 11.9. The summed E-state index contributed by atoms with van der Waals surface area (Å²) >= 11 is 3.39. The van der Waals surface area contributed by atoms with E-state index < -0.39 is 24.0 Å². The number of para-hydroxylation sites is 1. The molecule has 0 N–H and O–H groups in total. The number of benzene rings is 3. The SMILES string of the molecule is COc1ccc(OC)c([C@H]2[C@@H]3C(=O)N(c4ccc(Br)cc4)C(=O)[C@@H]3ON2c2ccccc2)c1. The van der Waals surface area contributed by atoms with Crippen LogP contribution in [0, 0.1) is 5.92 Å². The molecule has 0 saturated carbocycles. The van der Waals surface area contributed by atoms with E-state index in [4.69, 9.17) is 14.3 Å². The summed E-state index contributed by atoms with van der Waals surface area (Å²) in [6, 6.07) is 21.3. The lowest BCUT2D eigenvalue weighted by Crippen LogP contribution is -2.37. The van der Waals surface area contributed by atoms with Gasteiger partial charge in [-0.2, -0.15) is 0 Å². The molecule has 2 fully saturated rings. The number of carbonyl (C=O) groups is 2. The Hall–Kier alpha value is -3.36. The topological polar surface area (TPSA) is 68.3 Å². The van der Waals surface area contributed by atoms with Gasteiger partial charge in [0.1, 0.15) is 23.5 Å². The lowest BCUT2D eigenvalue weighted by Gasteiger charge is -2.29. The summed E-state index contributed by atoms with van der Waals surface area (Å²) in [5, 5.41) is 1.64. The number of anilines is 2. The highest BCUT2D eigenvalue weighted by Gasteiger charge is 2.60. The predicted molar refractivity (Wildman–Crippen MR) is 126 cm³/mol. The van der Waals surface area contributed by atoms with E-state index in [-0.39, 0.29) is 5.91 Å². The molecule has 8 heteroatoms. The first-order valence-electron chi connectivity index (χ1n) is 10.4. The molecule has 7 nitrogen and oxygen atoms in total. The van der Waals surface area contributed by atoms with Gasteiger partial charge < -0.3 is 9.47 Å². The maximum absolute atomic E-state index is 13.7. The Morgan fingerprint density at radius 3 is 2.24 bits per heavy atom. The number of carbonyl (C=O) groups excluding carboxylic acids is 2. The second-order valence-corrected chi connectivity index (χ2v) is 8.67. The highest BCUT2D eigenvalue weighted by Crippen LogP contribution is 2.50. The van der Waals surface area contributed by atoms with Gasteiger partial charge in [-0.25, -0.2) is 9.96 Å². The molecule has 0 bridgehead atoms. The Morgan fingerprint density at radius 2 is 1.58 bits per heavy atom. The normalized spacial score (nSPS) is 22.0. The lowest BCUT2D eigenvalue weighted by atomic mass is 9.89. The molecule has 0 spiro atoms. The molecule has 2 amide bonds. The summed E-state index contributed by atoms with van der Waals surface area (Å²) in [6.45, 7) is 0. The summed E-state index contributed by atoms with van der Waals surface area (Å²) in [5.74, 6) is -0.280. The zero-order valence-electron chi connectivity index (χ0n) is 18.0. The molecule has 33 heavy (non-hydrogen) atoms. The van der Waals surface area contributed by atoms with Crippen LogP contribution < -0.4 is 19.4 Å². The average Bonchev–Trinajstić information content (AvgIpc) is 3.36. The van der Waals surface area contributed by atoms with Crippen molar-refractivity contribution in [3.8, 4) is 11.5 Å². The van der Waals surface area contributed by atoms with Crippen LogP contribution in [0.2, 0.25) is 0 Å². The van der Waals surface area contributed by atoms with Crippen molar-refractivity contribution >= 4 is 39.1 Å². The first kappa shape index (κ1) is 21.5. The highest BCUT2D eigenvalue weighted by atomic mass is 79.9. The first-order chi connectivity index (χ1) is 16.0. The van der Waals surface area contributed by atoms with Crippen LogP contribution in [0.4, 0.5) is 11.4 Å². The number of hydroxylamine groups is 1. The first-order valence-corrected chi connectivity index (χ1v) is 11.2. The van der Waals surface area contributed by atoms with Gasteiger partial charge >= 0.3 is 0 Å². The van der Waals surface area contributed by atoms with Crippen molar-refractivity contribution in [2.75, 3.05) is 24.2 Å². The van der Waals surface area contributed by atoms with Gasteiger partial charge in [-0.3, -0.25) is 14.4 Å². The second kappa shape index (κ2) is 8.53. The minimum absolute atomic E-state index is 0.319. The van der Waals surface area contributed by atoms with Gasteiger partial charge in [0.2, 0.25) is 5.91 Å². The molecule has 168 valence electrons. The fourth-order valence-corrected chi connectivity index (χ4v) is 4.71. The molecule has 2 aliphatic heterocycles. The van der Waals surface area contributed by atoms with Crippen LogP contribution in [0.15, 0.2) is 77.3 Å². The third-order valence-electron chi connectivity index (χ3n) is 5.97. The molecule has 0 unspecified atom stereocenters. The van der Waals surface area contributed by atoms with Gasteiger partial charge in [0.05, 0.1) is 25.6 Å². The van der Waals surface area contributed by atoms with Crippen LogP contribution in [0.5, 0.6) is 11.5 Å². The number of rotatable bonds is 5. The number of hydrogen-bond acceptors (Lipinski definition) is 6. The summed E-state index contributed by atoms with van der Waals surface area (Å²) in [4.78, 5) is 34.5.